The lowest BCUT2D eigenvalue weighted by molar-refractivity contribution is -0.00342. The summed E-state index contributed by atoms with van der Waals surface area (Å²) in [4.78, 5) is 16.0. The number of nitrogens with one attached hydrogen (secondary N) is 2. The van der Waals surface area contributed by atoms with E-state index in [4.69, 9.17) is 0 Å². The molecule has 2 N–H and O–H groups in total. The number of urea groups is 1. The molecule has 3 fully saturated rings. The number of ether oxygens (including phenoxy) is 1. The van der Waals surface area contributed by atoms with Crippen molar-refractivity contribution in [1.29, 1.82) is 0 Å². The van der Waals surface area contributed by atoms with Gasteiger partial charge < -0.3 is 15.4 Å². The summed E-state index contributed by atoms with van der Waals surface area (Å²) < 4.78 is 31.0. The van der Waals surface area contributed by atoms with Gasteiger partial charge in [-0.3, -0.25) is 0 Å². The Balaban J connectivity index is 1.51. The highest BCUT2D eigenvalue weighted by Crippen LogP contribution is 2.48. The second kappa shape index (κ2) is 6.29. The van der Waals surface area contributed by atoms with Gasteiger partial charge in [-0.15, -0.1) is 0 Å². The van der Waals surface area contributed by atoms with Crippen LogP contribution in [0.1, 0.15) is 44.1 Å². The molecule has 126 valence electrons. The number of fused-ring (bicyclic) bond motifs is 3. The fourth-order valence-corrected chi connectivity index (χ4v) is 3.49. The zero-order valence-electron chi connectivity index (χ0n) is 12.9. The lowest BCUT2D eigenvalue weighted by Crippen LogP contribution is -2.59. The number of hydrogen-bond acceptors (Lipinski definition) is 3. The molecule has 3 aliphatic carbocycles. The minimum atomic E-state index is -1.01. The van der Waals surface area contributed by atoms with Crippen LogP contribution in [0.25, 0.3) is 0 Å². The molecule has 0 aliphatic heterocycles. The SMILES string of the molecule is O=C(NCc1ccnc(OCF)c1)NC12CCC(F)(CC1)CC2. The molecule has 1 aromatic rings. The largest absolute Gasteiger partial charge is 0.446 e. The van der Waals surface area contributed by atoms with Crippen molar-refractivity contribution in [1.82, 2.24) is 15.6 Å². The normalized spacial score (nSPS) is 29.1. The van der Waals surface area contributed by atoms with E-state index in [0.717, 1.165) is 5.56 Å². The first-order chi connectivity index (χ1) is 11.0. The van der Waals surface area contributed by atoms with E-state index >= 15 is 0 Å². The second-order valence-corrected chi connectivity index (χ2v) is 6.49. The highest BCUT2D eigenvalue weighted by Gasteiger charge is 2.49. The summed E-state index contributed by atoms with van der Waals surface area (Å²) in [5.74, 6) is 0.185. The molecule has 2 amide bonds. The number of rotatable bonds is 5. The summed E-state index contributed by atoms with van der Waals surface area (Å²) in [5, 5.41) is 5.80. The molecule has 0 spiro atoms. The first-order valence-corrected chi connectivity index (χ1v) is 7.91. The minimum absolute atomic E-state index is 0.185. The molecule has 3 aliphatic rings. The Morgan fingerprint density at radius 1 is 1.26 bits per heavy atom. The zero-order valence-corrected chi connectivity index (χ0v) is 12.9. The van der Waals surface area contributed by atoms with Crippen LogP contribution in [0, 0.1) is 0 Å². The maximum atomic E-state index is 14.1. The Bertz CT molecular complexity index is 558. The second-order valence-electron chi connectivity index (χ2n) is 6.49. The third-order valence-electron chi connectivity index (χ3n) is 4.99. The van der Waals surface area contributed by atoms with Gasteiger partial charge in [-0.1, -0.05) is 0 Å². The van der Waals surface area contributed by atoms with Crippen LogP contribution in [0.15, 0.2) is 18.3 Å². The lowest BCUT2D eigenvalue weighted by Gasteiger charge is -2.49. The summed E-state index contributed by atoms with van der Waals surface area (Å²) in [5.41, 5.74) is -0.506. The topological polar surface area (TPSA) is 63.2 Å². The smallest absolute Gasteiger partial charge is 0.315 e. The van der Waals surface area contributed by atoms with Crippen molar-refractivity contribution in [3.63, 3.8) is 0 Å². The van der Waals surface area contributed by atoms with Gasteiger partial charge in [0.25, 0.3) is 0 Å². The van der Waals surface area contributed by atoms with E-state index < -0.39 is 12.5 Å². The van der Waals surface area contributed by atoms with E-state index in [-0.39, 0.29) is 17.5 Å². The molecule has 1 aromatic heterocycles. The first-order valence-electron chi connectivity index (χ1n) is 7.91. The molecule has 0 radical (unpaired) electrons. The number of pyridine rings is 1. The van der Waals surface area contributed by atoms with Gasteiger partial charge >= 0.3 is 6.03 Å². The lowest BCUT2D eigenvalue weighted by atomic mass is 9.64. The summed E-state index contributed by atoms with van der Waals surface area (Å²) in [6, 6.07) is 3.04. The Labute approximate surface area is 133 Å². The van der Waals surface area contributed by atoms with Gasteiger partial charge in [0.15, 0.2) is 0 Å². The number of hydrogen-bond donors (Lipinski definition) is 2. The zero-order chi connectivity index (χ0) is 16.3. The molecule has 7 heteroatoms. The molecule has 4 rings (SSSR count). The van der Waals surface area contributed by atoms with Gasteiger partial charge in [0.05, 0.1) is 0 Å². The Morgan fingerprint density at radius 3 is 2.61 bits per heavy atom. The average Bonchev–Trinajstić information content (AvgIpc) is 2.55. The average molecular weight is 325 g/mol. The Hall–Kier alpha value is -1.92. The van der Waals surface area contributed by atoms with Crippen LogP contribution in [0.2, 0.25) is 0 Å². The van der Waals surface area contributed by atoms with Crippen molar-refractivity contribution in [2.75, 3.05) is 6.86 Å². The van der Waals surface area contributed by atoms with Crippen molar-refractivity contribution in [3.8, 4) is 5.88 Å². The number of carbonyl (C=O) groups excluding carboxylic acids is 1. The minimum Gasteiger partial charge on any atom is -0.446 e. The number of alkyl halides is 2. The summed E-state index contributed by atoms with van der Waals surface area (Å²) >= 11 is 0. The van der Waals surface area contributed by atoms with E-state index in [1.54, 1.807) is 12.1 Å². The molecule has 0 unspecified atom stereocenters. The predicted molar refractivity (Wildman–Crippen MR) is 80.5 cm³/mol. The van der Waals surface area contributed by atoms with Gasteiger partial charge in [0, 0.05) is 24.3 Å². The van der Waals surface area contributed by atoms with Crippen molar-refractivity contribution in [3.05, 3.63) is 23.9 Å². The third kappa shape index (κ3) is 3.71. The first kappa shape index (κ1) is 16.0. The molecule has 0 saturated heterocycles. The van der Waals surface area contributed by atoms with E-state index in [9.17, 15) is 13.6 Å². The van der Waals surface area contributed by atoms with Gasteiger partial charge in [0.1, 0.15) is 5.67 Å². The fraction of sp³-hybridized carbons (Fsp3) is 0.625. The van der Waals surface area contributed by atoms with Crippen LogP contribution in [0.3, 0.4) is 0 Å². The van der Waals surface area contributed by atoms with Crippen LogP contribution in [0.4, 0.5) is 13.6 Å². The van der Waals surface area contributed by atoms with Gasteiger partial charge in [-0.2, -0.15) is 0 Å². The molecular formula is C16H21F2N3O2. The number of carbonyl (C=O) groups is 1. The van der Waals surface area contributed by atoms with Crippen molar-refractivity contribution in [2.45, 2.75) is 56.3 Å². The molecule has 0 atom stereocenters. The molecular weight excluding hydrogens is 304 g/mol. The van der Waals surface area contributed by atoms with Gasteiger partial charge in [-0.05, 0) is 50.2 Å². The maximum absolute atomic E-state index is 14.1. The Morgan fingerprint density at radius 2 is 1.96 bits per heavy atom. The van der Waals surface area contributed by atoms with E-state index in [2.05, 4.69) is 20.4 Å². The highest BCUT2D eigenvalue weighted by molar-refractivity contribution is 5.74. The third-order valence-corrected chi connectivity index (χ3v) is 4.99. The van der Waals surface area contributed by atoms with E-state index in [1.165, 1.54) is 6.20 Å². The molecule has 23 heavy (non-hydrogen) atoms. The summed E-state index contributed by atoms with van der Waals surface area (Å²) in [6.45, 7) is -0.650. The van der Waals surface area contributed by atoms with Gasteiger partial charge in [-0.25, -0.2) is 18.6 Å². The van der Waals surface area contributed by atoms with Crippen LogP contribution < -0.4 is 15.4 Å². The van der Waals surface area contributed by atoms with Crippen molar-refractivity contribution < 1.29 is 18.3 Å². The summed E-state index contributed by atoms with van der Waals surface area (Å²) in [7, 11) is 0. The quantitative estimate of drug-likeness (QED) is 0.875. The van der Waals surface area contributed by atoms with Crippen LogP contribution >= 0.6 is 0 Å². The Kier molecular flexibility index (Phi) is 4.37. The molecule has 1 heterocycles. The van der Waals surface area contributed by atoms with E-state index in [1.807, 2.05) is 0 Å². The van der Waals surface area contributed by atoms with Gasteiger partial charge in [0.2, 0.25) is 12.7 Å². The molecule has 0 aromatic carbocycles. The maximum Gasteiger partial charge on any atom is 0.315 e. The number of aromatic nitrogens is 1. The van der Waals surface area contributed by atoms with Crippen LogP contribution in [0.5, 0.6) is 5.88 Å². The number of nitrogens with zero attached hydrogens (tertiary/aromatic N) is 1. The highest BCUT2D eigenvalue weighted by atomic mass is 19.1. The molecule has 3 saturated carbocycles. The number of amides is 2. The number of halogens is 2. The predicted octanol–water partition coefficient (Wildman–Crippen LogP) is 3.00. The van der Waals surface area contributed by atoms with Crippen LogP contribution in [-0.2, 0) is 6.54 Å². The van der Waals surface area contributed by atoms with Crippen molar-refractivity contribution in [2.24, 2.45) is 0 Å². The van der Waals surface area contributed by atoms with Crippen molar-refractivity contribution >= 4 is 6.03 Å². The standard InChI is InChI=1S/C16H21F2N3O2/c17-11-23-13-9-12(1-8-19-13)10-20-14(22)21-16-5-2-15(18,3-6-16)4-7-16/h1,8-9H,2-7,10-11H2,(H2,20,21,22). The fourth-order valence-electron chi connectivity index (χ4n) is 3.49. The summed E-state index contributed by atoms with van der Waals surface area (Å²) in [6.07, 6.45) is 5.17. The van der Waals surface area contributed by atoms with Crippen LogP contribution in [-0.4, -0.2) is 29.1 Å². The monoisotopic (exact) mass is 325 g/mol. The van der Waals surface area contributed by atoms with E-state index in [0.29, 0.717) is 45.1 Å². The molecule has 2 bridgehead atoms. The molecule has 5 nitrogen and oxygen atoms in total.